The van der Waals surface area contributed by atoms with Gasteiger partial charge < -0.3 is 10.2 Å². The van der Waals surface area contributed by atoms with Crippen LogP contribution >= 0.6 is 22.7 Å². The lowest BCUT2D eigenvalue weighted by Gasteiger charge is -2.17. The van der Waals surface area contributed by atoms with E-state index in [2.05, 4.69) is 10.3 Å². The van der Waals surface area contributed by atoms with Gasteiger partial charge in [0.15, 0.2) is 0 Å². The van der Waals surface area contributed by atoms with Crippen LogP contribution in [0, 0.1) is 0 Å². The Labute approximate surface area is 143 Å². The van der Waals surface area contributed by atoms with Crippen LogP contribution in [0.3, 0.4) is 0 Å². The van der Waals surface area contributed by atoms with E-state index in [1.54, 1.807) is 22.7 Å². The minimum absolute atomic E-state index is 0.0534. The van der Waals surface area contributed by atoms with Crippen molar-refractivity contribution in [3.8, 4) is 9.88 Å². The molecule has 0 aliphatic carbocycles. The Morgan fingerprint density at radius 1 is 1.17 bits per heavy atom. The van der Waals surface area contributed by atoms with Gasteiger partial charge >= 0.3 is 0 Å². The van der Waals surface area contributed by atoms with Crippen molar-refractivity contribution in [3.63, 3.8) is 0 Å². The largest absolute Gasteiger partial charge is 0.376 e. The fourth-order valence-corrected chi connectivity index (χ4v) is 3.86. The molecule has 0 aliphatic rings. The first-order valence-corrected chi connectivity index (χ1v) is 8.94. The van der Waals surface area contributed by atoms with Crippen LogP contribution in [0.15, 0.2) is 47.2 Å². The molecule has 23 heavy (non-hydrogen) atoms. The molecule has 1 amide bonds. The molecule has 0 fully saturated rings. The topological polar surface area (TPSA) is 45.2 Å². The van der Waals surface area contributed by atoms with Crippen molar-refractivity contribution in [1.82, 2.24) is 4.98 Å². The number of rotatable bonds is 5. The summed E-state index contributed by atoms with van der Waals surface area (Å²) in [5.41, 5.74) is 2.60. The number of hydrogen-bond acceptors (Lipinski definition) is 5. The monoisotopic (exact) mass is 343 g/mol. The molecule has 0 aliphatic heterocycles. The molecule has 1 aromatic carbocycles. The molecule has 1 N–H and O–H groups in total. The molecule has 3 aromatic rings. The minimum Gasteiger partial charge on any atom is -0.376 e. The lowest BCUT2D eigenvalue weighted by Crippen LogP contribution is -2.18. The lowest BCUT2D eigenvalue weighted by atomic mass is 10.2. The fraction of sp³-hybridized carbons (Fsp3) is 0.176. The quantitative estimate of drug-likeness (QED) is 0.758. The minimum atomic E-state index is -0.0534. The summed E-state index contributed by atoms with van der Waals surface area (Å²) in [4.78, 5) is 20.0. The second kappa shape index (κ2) is 6.93. The van der Waals surface area contributed by atoms with Gasteiger partial charge in [-0.15, -0.1) is 22.7 Å². The lowest BCUT2D eigenvalue weighted by molar-refractivity contribution is -0.115. The molecule has 0 unspecified atom stereocenters. The molecule has 0 atom stereocenters. The maximum Gasteiger partial charge on any atom is 0.230 e. The summed E-state index contributed by atoms with van der Waals surface area (Å²) in [6.07, 6.45) is 0.281. The predicted octanol–water partition coefficient (Wildman–Crippen LogP) is 4.12. The smallest absolute Gasteiger partial charge is 0.230 e. The average Bonchev–Trinajstić information content (AvgIpc) is 3.18. The first-order valence-electron chi connectivity index (χ1n) is 7.18. The Morgan fingerprint density at radius 2 is 2.00 bits per heavy atom. The van der Waals surface area contributed by atoms with Crippen molar-refractivity contribution >= 4 is 40.0 Å². The van der Waals surface area contributed by atoms with Crippen LogP contribution in [-0.4, -0.2) is 25.0 Å². The standard InChI is InChI=1S/C17H17N3OS2/c1-20(2)14-7-4-3-6-13(14)19-16(21)10-12-11-23-17(18-12)15-8-5-9-22-15/h3-9,11H,10H2,1-2H3,(H,19,21). The van der Waals surface area contributed by atoms with E-state index in [1.807, 2.05) is 66.2 Å². The van der Waals surface area contributed by atoms with Gasteiger partial charge in [0.2, 0.25) is 5.91 Å². The van der Waals surface area contributed by atoms with Gasteiger partial charge in [0.25, 0.3) is 0 Å². The number of benzene rings is 1. The molecule has 0 spiro atoms. The van der Waals surface area contributed by atoms with E-state index in [4.69, 9.17) is 0 Å². The molecule has 4 nitrogen and oxygen atoms in total. The third-order valence-electron chi connectivity index (χ3n) is 3.29. The summed E-state index contributed by atoms with van der Waals surface area (Å²) < 4.78 is 0. The van der Waals surface area contributed by atoms with Crippen LogP contribution in [0.25, 0.3) is 9.88 Å². The molecule has 2 aromatic heterocycles. The van der Waals surface area contributed by atoms with Gasteiger partial charge in [-0.3, -0.25) is 4.79 Å². The molecule has 0 radical (unpaired) electrons. The number of thiazole rings is 1. The van der Waals surface area contributed by atoms with E-state index in [1.165, 1.54) is 0 Å². The zero-order valence-corrected chi connectivity index (χ0v) is 14.6. The van der Waals surface area contributed by atoms with Crippen molar-refractivity contribution in [2.45, 2.75) is 6.42 Å². The Kier molecular flexibility index (Phi) is 4.73. The maximum absolute atomic E-state index is 12.3. The van der Waals surface area contributed by atoms with Gasteiger partial charge in [-0.1, -0.05) is 18.2 Å². The Bertz CT molecular complexity index is 794. The van der Waals surface area contributed by atoms with E-state index >= 15 is 0 Å². The summed E-state index contributed by atoms with van der Waals surface area (Å²) in [6, 6.07) is 11.8. The number of carbonyl (C=O) groups excluding carboxylic acids is 1. The highest BCUT2D eigenvalue weighted by Crippen LogP contribution is 2.28. The molecule has 0 saturated heterocycles. The molecular formula is C17H17N3OS2. The maximum atomic E-state index is 12.3. The fourth-order valence-electron chi connectivity index (χ4n) is 2.23. The Hall–Kier alpha value is -2.18. The normalized spacial score (nSPS) is 10.5. The molecule has 118 valence electrons. The van der Waals surface area contributed by atoms with E-state index < -0.39 is 0 Å². The summed E-state index contributed by atoms with van der Waals surface area (Å²) in [5.74, 6) is -0.0534. The van der Waals surface area contributed by atoms with Crippen molar-refractivity contribution in [2.75, 3.05) is 24.3 Å². The third kappa shape index (κ3) is 3.78. The number of carbonyl (C=O) groups is 1. The van der Waals surface area contributed by atoms with Crippen molar-refractivity contribution in [1.29, 1.82) is 0 Å². The molecule has 3 rings (SSSR count). The molecule has 2 heterocycles. The van der Waals surface area contributed by atoms with Crippen LogP contribution in [0.1, 0.15) is 5.69 Å². The molecule has 0 saturated carbocycles. The summed E-state index contributed by atoms with van der Waals surface area (Å²) in [7, 11) is 3.91. The van der Waals surface area contributed by atoms with Gasteiger partial charge in [0.05, 0.1) is 28.4 Å². The number of amides is 1. The zero-order valence-electron chi connectivity index (χ0n) is 12.9. The van der Waals surface area contributed by atoms with Gasteiger partial charge in [-0.2, -0.15) is 0 Å². The van der Waals surface area contributed by atoms with E-state index in [0.717, 1.165) is 27.0 Å². The SMILES string of the molecule is CN(C)c1ccccc1NC(=O)Cc1csc(-c2cccs2)n1. The first kappa shape index (κ1) is 15.7. The van der Waals surface area contributed by atoms with Crippen molar-refractivity contribution in [3.05, 3.63) is 52.9 Å². The summed E-state index contributed by atoms with van der Waals surface area (Å²) >= 11 is 3.23. The van der Waals surface area contributed by atoms with Gasteiger partial charge in [0, 0.05) is 19.5 Å². The van der Waals surface area contributed by atoms with Crippen LogP contribution in [0.5, 0.6) is 0 Å². The Morgan fingerprint density at radius 3 is 2.74 bits per heavy atom. The predicted molar refractivity (Wildman–Crippen MR) is 98.5 cm³/mol. The van der Waals surface area contributed by atoms with Gasteiger partial charge in [-0.25, -0.2) is 4.98 Å². The number of nitrogens with one attached hydrogen (secondary N) is 1. The third-order valence-corrected chi connectivity index (χ3v) is 5.22. The number of nitrogens with zero attached hydrogens (tertiary/aromatic N) is 2. The first-order chi connectivity index (χ1) is 11.1. The van der Waals surface area contributed by atoms with Gasteiger partial charge in [-0.05, 0) is 23.6 Å². The highest BCUT2D eigenvalue weighted by molar-refractivity contribution is 7.20. The average molecular weight is 343 g/mol. The molecular weight excluding hydrogens is 326 g/mol. The van der Waals surface area contributed by atoms with Crippen LogP contribution in [-0.2, 0) is 11.2 Å². The van der Waals surface area contributed by atoms with Crippen molar-refractivity contribution < 1.29 is 4.79 Å². The van der Waals surface area contributed by atoms with Crippen LogP contribution < -0.4 is 10.2 Å². The van der Waals surface area contributed by atoms with Crippen molar-refractivity contribution in [2.24, 2.45) is 0 Å². The highest BCUT2D eigenvalue weighted by Gasteiger charge is 2.12. The molecule has 6 heteroatoms. The van der Waals surface area contributed by atoms with Gasteiger partial charge in [0.1, 0.15) is 5.01 Å². The van der Waals surface area contributed by atoms with Crippen LogP contribution in [0.2, 0.25) is 0 Å². The Balaban J connectivity index is 1.69. The van der Waals surface area contributed by atoms with E-state index in [-0.39, 0.29) is 12.3 Å². The number of anilines is 2. The van der Waals surface area contributed by atoms with E-state index in [9.17, 15) is 4.79 Å². The highest BCUT2D eigenvalue weighted by atomic mass is 32.1. The second-order valence-electron chi connectivity index (χ2n) is 5.26. The number of hydrogen-bond donors (Lipinski definition) is 1. The van der Waals surface area contributed by atoms with Crippen LogP contribution in [0.4, 0.5) is 11.4 Å². The van der Waals surface area contributed by atoms with E-state index in [0.29, 0.717) is 0 Å². The number of para-hydroxylation sites is 2. The number of thiophene rings is 1. The second-order valence-corrected chi connectivity index (χ2v) is 7.06. The summed E-state index contributed by atoms with van der Waals surface area (Å²) in [6.45, 7) is 0. The molecule has 0 bridgehead atoms. The summed E-state index contributed by atoms with van der Waals surface area (Å²) in [5, 5.41) is 7.92. The zero-order chi connectivity index (χ0) is 16.2. The number of aromatic nitrogens is 1.